The maximum atomic E-state index is 5.56. The van der Waals surface area contributed by atoms with Crippen LogP contribution in [0, 0.1) is 0 Å². The summed E-state index contributed by atoms with van der Waals surface area (Å²) in [7, 11) is 0. The predicted molar refractivity (Wildman–Crippen MR) is 45.4 cm³/mol. The van der Waals surface area contributed by atoms with Gasteiger partial charge in [0.15, 0.2) is 0 Å². The first-order chi connectivity index (χ1) is 3.84. The highest BCUT2D eigenvalue weighted by Gasteiger charge is 1.93. The molecule has 0 aliphatic rings. The number of hydrogen-bond acceptors (Lipinski definition) is 2. The molecule has 0 saturated carbocycles. The maximum absolute atomic E-state index is 5.56. The fraction of sp³-hybridized carbons (Fsp3) is 0.333. The van der Waals surface area contributed by atoms with E-state index in [9.17, 15) is 0 Å². The molecule has 0 spiro atoms. The number of rotatable bonds is 1. The second-order valence-corrected chi connectivity index (χ2v) is 2.45. The molecule has 9 heavy (non-hydrogen) atoms. The Kier molecular flexibility index (Phi) is 3.66. The smallest absolute Gasteiger partial charge is 0.0455 e. The lowest BCUT2D eigenvalue weighted by Crippen LogP contribution is -1.85. The average Bonchev–Trinajstić information content (AvgIpc) is 2.14. The summed E-state index contributed by atoms with van der Waals surface area (Å²) in [6.07, 6.45) is 1.05. The van der Waals surface area contributed by atoms with Crippen LogP contribution in [0.3, 0.4) is 0 Å². The topological polar surface area (TPSA) is 26.0 Å². The second-order valence-electron chi connectivity index (χ2n) is 1.71. The summed E-state index contributed by atoms with van der Waals surface area (Å²) in [5.41, 5.74) is 7.78. The molecule has 1 aromatic rings. The zero-order chi connectivity index (χ0) is 5.98. The zero-order valence-corrected chi connectivity index (χ0v) is 6.89. The van der Waals surface area contributed by atoms with Crippen molar-refractivity contribution in [3.05, 3.63) is 16.3 Å². The van der Waals surface area contributed by atoms with Gasteiger partial charge in [0, 0.05) is 11.1 Å². The summed E-state index contributed by atoms with van der Waals surface area (Å²) in [5, 5.41) is 4.06. The number of nitrogens with two attached hydrogens (primary N) is 1. The molecular weight excluding hydrogens is 154 g/mol. The van der Waals surface area contributed by atoms with E-state index >= 15 is 0 Å². The van der Waals surface area contributed by atoms with E-state index < -0.39 is 0 Å². The third-order valence-corrected chi connectivity index (χ3v) is 1.97. The van der Waals surface area contributed by atoms with Crippen LogP contribution in [0.1, 0.15) is 12.5 Å². The molecule has 3 heteroatoms. The van der Waals surface area contributed by atoms with Crippen LogP contribution in [0.4, 0.5) is 5.69 Å². The van der Waals surface area contributed by atoms with Crippen molar-refractivity contribution < 1.29 is 0 Å². The van der Waals surface area contributed by atoms with E-state index in [2.05, 4.69) is 12.3 Å². The van der Waals surface area contributed by atoms with E-state index in [0.29, 0.717) is 0 Å². The van der Waals surface area contributed by atoms with Gasteiger partial charge >= 0.3 is 0 Å². The molecule has 1 aromatic heterocycles. The van der Waals surface area contributed by atoms with E-state index in [0.717, 1.165) is 12.1 Å². The number of halogens is 1. The van der Waals surface area contributed by atoms with Crippen molar-refractivity contribution in [3.63, 3.8) is 0 Å². The van der Waals surface area contributed by atoms with Gasteiger partial charge < -0.3 is 5.73 Å². The Balaban J connectivity index is 0.000000640. The molecule has 1 heterocycles. The summed E-state index contributed by atoms with van der Waals surface area (Å²) in [5.74, 6) is 0. The van der Waals surface area contributed by atoms with Gasteiger partial charge in [-0.2, -0.15) is 0 Å². The van der Waals surface area contributed by atoms with E-state index in [1.807, 2.05) is 5.38 Å². The average molecular weight is 164 g/mol. The van der Waals surface area contributed by atoms with Gasteiger partial charge in [-0.3, -0.25) is 0 Å². The lowest BCUT2D eigenvalue weighted by atomic mass is 10.2. The number of hydrogen-bond donors (Lipinski definition) is 1. The highest BCUT2D eigenvalue weighted by Crippen LogP contribution is 2.16. The lowest BCUT2D eigenvalue weighted by Gasteiger charge is -1.88. The Morgan fingerprint density at radius 2 is 2.22 bits per heavy atom. The van der Waals surface area contributed by atoms with Gasteiger partial charge in [-0.25, -0.2) is 0 Å². The Morgan fingerprint density at radius 3 is 2.44 bits per heavy atom. The third kappa shape index (κ3) is 1.88. The first kappa shape index (κ1) is 8.79. The van der Waals surface area contributed by atoms with Crippen molar-refractivity contribution in [1.29, 1.82) is 0 Å². The van der Waals surface area contributed by atoms with Crippen molar-refractivity contribution >= 4 is 29.4 Å². The van der Waals surface area contributed by atoms with Gasteiger partial charge in [0.1, 0.15) is 0 Å². The summed E-state index contributed by atoms with van der Waals surface area (Å²) in [6, 6.07) is 0. The van der Waals surface area contributed by atoms with Crippen molar-refractivity contribution in [2.75, 3.05) is 5.73 Å². The first-order valence-electron chi connectivity index (χ1n) is 2.65. The molecule has 0 bridgehead atoms. The molecule has 52 valence electrons. The molecule has 0 saturated heterocycles. The van der Waals surface area contributed by atoms with E-state index in [1.54, 1.807) is 11.3 Å². The number of thiophene rings is 1. The standard InChI is InChI=1S/C6H9NS.ClH/c1-2-5-3-8-4-6(5)7;/h3-4H,2,7H2,1H3;1H. The van der Waals surface area contributed by atoms with Gasteiger partial charge in [-0.1, -0.05) is 6.92 Å². The molecule has 2 N–H and O–H groups in total. The van der Waals surface area contributed by atoms with Gasteiger partial charge in [0.25, 0.3) is 0 Å². The molecule has 0 aliphatic heterocycles. The highest BCUT2D eigenvalue weighted by molar-refractivity contribution is 7.08. The van der Waals surface area contributed by atoms with Crippen molar-refractivity contribution in [1.82, 2.24) is 0 Å². The molecule has 1 rings (SSSR count). The molecule has 0 atom stereocenters. The SMILES string of the molecule is CCc1cscc1N.Cl. The van der Waals surface area contributed by atoms with E-state index in [1.165, 1.54) is 5.56 Å². The summed E-state index contributed by atoms with van der Waals surface area (Å²) >= 11 is 1.67. The molecule has 0 amide bonds. The first-order valence-corrected chi connectivity index (χ1v) is 3.59. The molecule has 0 aliphatic carbocycles. The normalized spacial score (nSPS) is 8.56. The number of anilines is 1. The molecule has 0 fully saturated rings. The summed E-state index contributed by atoms with van der Waals surface area (Å²) in [6.45, 7) is 2.11. The van der Waals surface area contributed by atoms with Crippen molar-refractivity contribution in [2.24, 2.45) is 0 Å². The largest absolute Gasteiger partial charge is 0.398 e. The fourth-order valence-corrected chi connectivity index (χ4v) is 1.45. The fourth-order valence-electron chi connectivity index (χ4n) is 0.621. The Labute approximate surface area is 65.3 Å². The number of nitrogen functional groups attached to an aromatic ring is 1. The quantitative estimate of drug-likeness (QED) is 0.676. The van der Waals surface area contributed by atoms with Crippen LogP contribution in [-0.2, 0) is 6.42 Å². The van der Waals surface area contributed by atoms with Crippen molar-refractivity contribution in [3.8, 4) is 0 Å². The third-order valence-electron chi connectivity index (χ3n) is 1.16. The Bertz CT molecular complexity index is 173. The van der Waals surface area contributed by atoms with Crippen LogP contribution in [-0.4, -0.2) is 0 Å². The monoisotopic (exact) mass is 163 g/mol. The predicted octanol–water partition coefficient (Wildman–Crippen LogP) is 2.31. The molecule has 0 unspecified atom stereocenters. The molecule has 1 nitrogen and oxygen atoms in total. The summed E-state index contributed by atoms with van der Waals surface area (Å²) in [4.78, 5) is 0. The lowest BCUT2D eigenvalue weighted by molar-refractivity contribution is 1.16. The number of aryl methyl sites for hydroxylation is 1. The maximum Gasteiger partial charge on any atom is 0.0455 e. The highest BCUT2D eigenvalue weighted by atomic mass is 35.5. The van der Waals surface area contributed by atoms with Gasteiger partial charge in [-0.15, -0.1) is 23.7 Å². The minimum absolute atomic E-state index is 0. The van der Waals surface area contributed by atoms with Crippen molar-refractivity contribution in [2.45, 2.75) is 13.3 Å². The van der Waals surface area contributed by atoms with E-state index in [4.69, 9.17) is 5.73 Å². The Morgan fingerprint density at radius 1 is 1.56 bits per heavy atom. The van der Waals surface area contributed by atoms with Crippen LogP contribution in [0.5, 0.6) is 0 Å². The molecular formula is C6H10ClNS. The second kappa shape index (κ2) is 3.75. The molecule has 0 radical (unpaired) electrons. The van der Waals surface area contributed by atoms with Gasteiger partial charge in [0.05, 0.1) is 0 Å². The van der Waals surface area contributed by atoms with Crippen LogP contribution in [0.25, 0.3) is 0 Å². The minimum Gasteiger partial charge on any atom is -0.398 e. The summed E-state index contributed by atoms with van der Waals surface area (Å²) < 4.78 is 0. The van der Waals surface area contributed by atoms with Crippen LogP contribution >= 0.6 is 23.7 Å². The van der Waals surface area contributed by atoms with Crippen LogP contribution in [0.2, 0.25) is 0 Å². The Hall–Kier alpha value is -0.210. The van der Waals surface area contributed by atoms with Gasteiger partial charge in [-0.05, 0) is 17.4 Å². The molecule has 0 aromatic carbocycles. The van der Waals surface area contributed by atoms with Gasteiger partial charge in [0.2, 0.25) is 0 Å². The van der Waals surface area contributed by atoms with Crippen LogP contribution in [0.15, 0.2) is 10.8 Å². The minimum atomic E-state index is 0. The zero-order valence-electron chi connectivity index (χ0n) is 5.26. The van der Waals surface area contributed by atoms with E-state index in [-0.39, 0.29) is 12.4 Å². The van der Waals surface area contributed by atoms with Crippen LogP contribution < -0.4 is 5.73 Å².